The molecule has 0 aliphatic rings. The molecule has 0 unspecified atom stereocenters. The van der Waals surface area contributed by atoms with E-state index in [-0.39, 0.29) is 0 Å². The minimum atomic E-state index is -1.93. The van der Waals surface area contributed by atoms with E-state index >= 15 is 0 Å². The molecule has 0 spiro atoms. The lowest BCUT2D eigenvalue weighted by molar-refractivity contribution is 0.141. The van der Waals surface area contributed by atoms with Crippen LogP contribution in [0.3, 0.4) is 0 Å². The van der Waals surface area contributed by atoms with Crippen LogP contribution in [0.25, 0.3) is 0 Å². The fourth-order valence-electron chi connectivity index (χ4n) is 1.26. The second-order valence-electron chi connectivity index (χ2n) is 3.73. The van der Waals surface area contributed by atoms with Crippen molar-refractivity contribution in [3.8, 4) is 0 Å². The Morgan fingerprint density at radius 1 is 1.55 bits per heavy atom. The molecule has 4 heteroatoms. The minimum absolute atomic E-state index is 0.510. The fourth-order valence-corrected chi connectivity index (χ4v) is 3.78. The molecule has 0 bridgehead atoms. The second-order valence-corrected chi connectivity index (χ2v) is 7.86. The fraction of sp³-hybridized carbons (Fsp3) is 0.857. The minimum Gasteiger partial charge on any atom is -0.490 e. The van der Waals surface area contributed by atoms with E-state index in [4.69, 9.17) is 9.53 Å². The number of rotatable bonds is 3. The van der Waals surface area contributed by atoms with Crippen LogP contribution in [0.15, 0.2) is 0 Å². The normalized spacial score (nSPS) is 11.7. The lowest BCUT2D eigenvalue weighted by Gasteiger charge is -2.21. The molecular formula is C7H16O3Si. The zero-order chi connectivity index (χ0) is 9.07. The molecule has 0 radical (unpaired) electrons. The molecule has 1 N–H and O–H groups in total. The third kappa shape index (κ3) is 5.91. The average molecular weight is 176 g/mol. The monoisotopic (exact) mass is 176 g/mol. The first-order chi connectivity index (χ1) is 4.83. The molecule has 3 nitrogen and oxygen atoms in total. The van der Waals surface area contributed by atoms with E-state index in [1.54, 1.807) is 0 Å². The first-order valence-electron chi connectivity index (χ1n) is 3.75. The Balaban J connectivity index is 3.89. The van der Waals surface area contributed by atoms with E-state index < -0.39 is 14.5 Å². The number of hydrogen-bond donors (Lipinski definition) is 1. The molecule has 0 atom stereocenters. The molecule has 0 rings (SSSR count). The summed E-state index contributed by atoms with van der Waals surface area (Å²) in [6.45, 7) is 7.97. The van der Waals surface area contributed by atoms with Gasteiger partial charge in [0.2, 0.25) is 0 Å². The van der Waals surface area contributed by atoms with Crippen LogP contribution in [0, 0.1) is 5.92 Å². The van der Waals surface area contributed by atoms with Crippen molar-refractivity contribution in [2.24, 2.45) is 5.92 Å². The van der Waals surface area contributed by atoms with Gasteiger partial charge in [-0.2, -0.15) is 0 Å². The predicted octanol–water partition coefficient (Wildman–Crippen LogP) is 2.54. The summed E-state index contributed by atoms with van der Waals surface area (Å²) < 4.78 is 4.80. The van der Waals surface area contributed by atoms with E-state index in [1.807, 2.05) is 13.1 Å². The Bertz CT molecular complexity index is 143. The Kier molecular flexibility index (Phi) is 3.58. The van der Waals surface area contributed by atoms with Crippen molar-refractivity contribution in [1.82, 2.24) is 0 Å². The molecule has 0 fully saturated rings. The third-order valence-corrected chi connectivity index (χ3v) is 3.79. The van der Waals surface area contributed by atoms with E-state index in [0.717, 1.165) is 6.04 Å². The van der Waals surface area contributed by atoms with Gasteiger partial charge in [-0.25, -0.2) is 4.79 Å². The smallest absolute Gasteiger partial charge is 0.490 e. The highest BCUT2D eigenvalue weighted by Crippen LogP contribution is 2.17. The maximum atomic E-state index is 10.2. The molecule has 0 aromatic heterocycles. The summed E-state index contributed by atoms with van der Waals surface area (Å²) in [5, 5.41) is 8.37. The van der Waals surface area contributed by atoms with Gasteiger partial charge in [0.05, 0.1) is 0 Å². The van der Waals surface area contributed by atoms with Gasteiger partial charge in [0.15, 0.2) is 0 Å². The van der Waals surface area contributed by atoms with Crippen LogP contribution >= 0.6 is 0 Å². The molecule has 0 aliphatic carbocycles. The van der Waals surface area contributed by atoms with E-state index in [2.05, 4.69) is 13.8 Å². The molecule has 0 aromatic carbocycles. The lowest BCUT2D eigenvalue weighted by atomic mass is 10.3. The summed E-state index contributed by atoms with van der Waals surface area (Å²) in [5.74, 6) is 0.510. The Morgan fingerprint density at radius 3 is 2.27 bits per heavy atom. The molecule has 0 amide bonds. The summed E-state index contributed by atoms with van der Waals surface area (Å²) in [7, 11) is -1.93. The van der Waals surface area contributed by atoms with E-state index in [0.29, 0.717) is 5.92 Å². The zero-order valence-electron chi connectivity index (χ0n) is 7.55. The summed E-state index contributed by atoms with van der Waals surface area (Å²) in [5.41, 5.74) is 0. The number of carbonyl (C=O) groups is 1. The van der Waals surface area contributed by atoms with Crippen LogP contribution in [0.4, 0.5) is 4.79 Å². The Morgan fingerprint density at radius 2 is 2.00 bits per heavy atom. The topological polar surface area (TPSA) is 46.5 Å². The van der Waals surface area contributed by atoms with Crippen molar-refractivity contribution in [2.45, 2.75) is 33.0 Å². The highest BCUT2D eigenvalue weighted by atomic mass is 28.4. The zero-order valence-corrected chi connectivity index (χ0v) is 8.55. The van der Waals surface area contributed by atoms with Crippen molar-refractivity contribution in [1.29, 1.82) is 0 Å². The van der Waals surface area contributed by atoms with Gasteiger partial charge in [0, 0.05) is 0 Å². The van der Waals surface area contributed by atoms with Crippen molar-refractivity contribution >= 4 is 14.5 Å². The van der Waals surface area contributed by atoms with Crippen LogP contribution in [-0.2, 0) is 4.43 Å². The molecule has 0 heterocycles. The first kappa shape index (κ1) is 10.5. The number of hydrogen-bond acceptors (Lipinski definition) is 2. The van der Waals surface area contributed by atoms with E-state index in [9.17, 15) is 4.79 Å². The van der Waals surface area contributed by atoms with Gasteiger partial charge in [-0.15, -0.1) is 0 Å². The largest absolute Gasteiger partial charge is 0.491 e. The van der Waals surface area contributed by atoms with Crippen molar-refractivity contribution in [2.75, 3.05) is 0 Å². The highest BCUT2D eigenvalue weighted by molar-refractivity contribution is 6.72. The Labute approximate surface area is 68.5 Å². The maximum Gasteiger partial charge on any atom is 0.491 e. The molecule has 11 heavy (non-hydrogen) atoms. The van der Waals surface area contributed by atoms with Crippen molar-refractivity contribution < 1.29 is 14.3 Å². The number of carboxylic acid groups (broad SMARTS) is 1. The van der Waals surface area contributed by atoms with E-state index in [1.165, 1.54) is 0 Å². The molecule has 0 aromatic rings. The van der Waals surface area contributed by atoms with Gasteiger partial charge >= 0.3 is 6.16 Å². The molecule has 0 saturated heterocycles. The molecular weight excluding hydrogens is 160 g/mol. The summed E-state index contributed by atoms with van der Waals surface area (Å²) in [6.07, 6.45) is -1.14. The predicted molar refractivity (Wildman–Crippen MR) is 46.2 cm³/mol. The van der Waals surface area contributed by atoms with Gasteiger partial charge in [0.1, 0.15) is 0 Å². The van der Waals surface area contributed by atoms with Gasteiger partial charge in [-0.3, -0.25) is 0 Å². The molecule has 0 aliphatic heterocycles. The summed E-state index contributed by atoms with van der Waals surface area (Å²) in [4.78, 5) is 10.2. The van der Waals surface area contributed by atoms with Crippen LogP contribution in [-0.4, -0.2) is 19.6 Å². The first-order valence-corrected chi connectivity index (χ1v) is 6.87. The molecule has 0 saturated carbocycles. The van der Waals surface area contributed by atoms with Gasteiger partial charge in [-0.05, 0) is 25.1 Å². The molecule has 66 valence electrons. The van der Waals surface area contributed by atoms with Gasteiger partial charge in [0.25, 0.3) is 8.32 Å². The Hall–Kier alpha value is -0.513. The van der Waals surface area contributed by atoms with Crippen LogP contribution in [0.2, 0.25) is 19.1 Å². The average Bonchev–Trinajstić information content (AvgIpc) is 1.53. The summed E-state index contributed by atoms with van der Waals surface area (Å²) in [6, 6.07) is 0.888. The van der Waals surface area contributed by atoms with Crippen LogP contribution in [0.5, 0.6) is 0 Å². The van der Waals surface area contributed by atoms with Gasteiger partial charge in [-0.1, -0.05) is 13.8 Å². The lowest BCUT2D eigenvalue weighted by Crippen LogP contribution is -2.34. The third-order valence-electron chi connectivity index (χ3n) is 1.26. The van der Waals surface area contributed by atoms with Gasteiger partial charge < -0.3 is 9.53 Å². The standard InChI is InChI=1S/C7H16O3Si/c1-6(2)5-11(3,4)10-7(8)9/h6H,5H2,1-4H3,(H,8,9). The highest BCUT2D eigenvalue weighted by Gasteiger charge is 2.27. The van der Waals surface area contributed by atoms with Crippen LogP contribution < -0.4 is 0 Å². The maximum absolute atomic E-state index is 10.2. The van der Waals surface area contributed by atoms with Crippen LogP contribution in [0.1, 0.15) is 13.8 Å². The SMILES string of the molecule is CC(C)C[Si](C)(C)OC(=O)O. The quantitative estimate of drug-likeness (QED) is 0.672. The van der Waals surface area contributed by atoms with Crippen molar-refractivity contribution in [3.05, 3.63) is 0 Å². The van der Waals surface area contributed by atoms with Crippen molar-refractivity contribution in [3.63, 3.8) is 0 Å². The summed E-state index contributed by atoms with van der Waals surface area (Å²) >= 11 is 0. The second kappa shape index (κ2) is 3.76.